The van der Waals surface area contributed by atoms with Crippen molar-refractivity contribution >= 4 is 21.7 Å². The van der Waals surface area contributed by atoms with E-state index in [2.05, 4.69) is 14.7 Å². The quantitative estimate of drug-likeness (QED) is 0.409. The van der Waals surface area contributed by atoms with Gasteiger partial charge in [0.15, 0.2) is 5.78 Å². The summed E-state index contributed by atoms with van der Waals surface area (Å²) < 4.78 is 55.6. The number of halogens is 2. The number of amides is 1. The molecule has 2 N–H and O–H groups in total. The van der Waals surface area contributed by atoms with Gasteiger partial charge < -0.3 is 9.88 Å². The molecule has 0 spiro atoms. The van der Waals surface area contributed by atoms with Gasteiger partial charge in [-0.25, -0.2) is 26.9 Å². The molecule has 4 rings (SSSR count). The van der Waals surface area contributed by atoms with E-state index in [1.165, 1.54) is 12.3 Å². The zero-order valence-corrected chi connectivity index (χ0v) is 22.7. The molecule has 1 amide bonds. The Kier molecular flexibility index (Phi) is 8.97. The summed E-state index contributed by atoms with van der Waals surface area (Å²) in [5.74, 6) is -1.78. The highest BCUT2D eigenvalue weighted by Crippen LogP contribution is 2.32. The number of sulfonamides is 1. The van der Waals surface area contributed by atoms with E-state index >= 15 is 0 Å². The van der Waals surface area contributed by atoms with E-state index < -0.39 is 39.4 Å². The van der Waals surface area contributed by atoms with E-state index in [0.29, 0.717) is 30.4 Å². The predicted octanol–water partition coefficient (Wildman–Crippen LogP) is 4.30. The molecule has 1 aromatic carbocycles. The number of likely N-dealkylation sites (tertiary alicyclic amines) is 1. The van der Waals surface area contributed by atoms with E-state index in [9.17, 15) is 26.8 Å². The molecule has 38 heavy (non-hydrogen) atoms. The molecular weight excluding hydrogens is 514 g/mol. The summed E-state index contributed by atoms with van der Waals surface area (Å²) in [6.45, 7) is 4.31. The number of nitrogens with one attached hydrogen (secondary N) is 2. The molecule has 1 aliphatic heterocycles. The van der Waals surface area contributed by atoms with Crippen molar-refractivity contribution in [1.29, 1.82) is 0 Å². The van der Waals surface area contributed by atoms with Gasteiger partial charge in [0, 0.05) is 36.6 Å². The fourth-order valence-electron chi connectivity index (χ4n) is 4.96. The lowest BCUT2D eigenvalue weighted by Gasteiger charge is -2.34. The minimum absolute atomic E-state index is 0.0470. The summed E-state index contributed by atoms with van der Waals surface area (Å²) in [5.41, 5.74) is 0.481. The maximum absolute atomic E-state index is 14.2. The van der Waals surface area contributed by atoms with Crippen molar-refractivity contribution in [3.8, 4) is 11.3 Å². The molecule has 1 saturated heterocycles. The maximum Gasteiger partial charge on any atom is 0.224 e. The highest BCUT2D eigenvalue weighted by Gasteiger charge is 2.33. The third-order valence-electron chi connectivity index (χ3n) is 7.50. The van der Waals surface area contributed by atoms with Crippen LogP contribution in [-0.4, -0.2) is 59.4 Å². The largest absolute Gasteiger partial charge is 0.342 e. The number of piperidine rings is 1. The first-order chi connectivity index (χ1) is 18.0. The number of benzene rings is 1. The Bertz CT molecular complexity index is 1260. The van der Waals surface area contributed by atoms with E-state index in [0.717, 1.165) is 44.2 Å². The SMILES string of the molecule is C[C@H](CC(=O)[C@H](CC(=O)N1CCCC[C@@H]1C)NS(=O)(=O)CCC1CC1)c1ncc(-c2ccc(F)cc2F)[nH]1. The van der Waals surface area contributed by atoms with Crippen LogP contribution in [-0.2, 0) is 19.6 Å². The normalized spacial score (nSPS) is 19.8. The Morgan fingerprint density at radius 2 is 1.95 bits per heavy atom. The van der Waals surface area contributed by atoms with Gasteiger partial charge in [-0.05, 0) is 50.7 Å². The van der Waals surface area contributed by atoms with Crippen molar-refractivity contribution < 1.29 is 26.8 Å². The first-order valence-corrected chi connectivity index (χ1v) is 15.0. The summed E-state index contributed by atoms with van der Waals surface area (Å²) in [7, 11) is -3.75. The number of rotatable bonds is 12. The molecule has 0 bridgehead atoms. The van der Waals surface area contributed by atoms with Crippen LogP contribution in [0.5, 0.6) is 0 Å². The topological polar surface area (TPSA) is 112 Å². The molecule has 1 saturated carbocycles. The second-order valence-corrected chi connectivity index (χ2v) is 12.6. The number of H-pyrrole nitrogens is 1. The zero-order valence-electron chi connectivity index (χ0n) is 21.9. The third kappa shape index (κ3) is 7.47. The van der Waals surface area contributed by atoms with E-state index in [-0.39, 0.29) is 36.1 Å². The fourth-order valence-corrected chi connectivity index (χ4v) is 6.37. The first-order valence-electron chi connectivity index (χ1n) is 13.3. The molecule has 8 nitrogen and oxygen atoms in total. The lowest BCUT2D eigenvalue weighted by molar-refractivity contribution is -0.137. The molecule has 11 heteroatoms. The summed E-state index contributed by atoms with van der Waals surface area (Å²) in [6, 6.07) is 2.10. The standard InChI is InChI=1S/C27H36F2N4O4S/c1-17(27-30-16-24(31-27)21-9-8-20(28)14-22(21)29)13-25(34)23(32-38(36,37)12-10-19-6-7-19)15-26(35)33-11-4-3-5-18(33)2/h8-9,14,16-19,23,32H,3-7,10-13,15H2,1-2H3,(H,30,31)/t17-,18+,23+/m1/s1. The molecule has 208 valence electrons. The number of hydrogen-bond donors (Lipinski definition) is 2. The van der Waals surface area contributed by atoms with Crippen molar-refractivity contribution in [1.82, 2.24) is 19.6 Å². The number of hydrogen-bond acceptors (Lipinski definition) is 5. The van der Waals surface area contributed by atoms with Crippen molar-refractivity contribution in [3.63, 3.8) is 0 Å². The number of Topliss-reactive ketones (excluding diaryl/α,β-unsaturated/α-hetero) is 1. The number of aromatic nitrogens is 2. The van der Waals surface area contributed by atoms with Crippen LogP contribution in [0.1, 0.15) is 77.0 Å². The highest BCUT2D eigenvalue weighted by atomic mass is 32.2. The van der Waals surface area contributed by atoms with Gasteiger partial charge in [-0.3, -0.25) is 9.59 Å². The maximum atomic E-state index is 14.2. The molecule has 1 aromatic heterocycles. The Hall–Kier alpha value is -2.66. The molecule has 2 heterocycles. The Labute approximate surface area is 222 Å². The van der Waals surface area contributed by atoms with Crippen molar-refractivity contribution in [2.24, 2.45) is 5.92 Å². The second-order valence-electron chi connectivity index (χ2n) is 10.7. The van der Waals surface area contributed by atoms with Gasteiger partial charge in [-0.15, -0.1) is 0 Å². The number of nitrogens with zero attached hydrogens (tertiary/aromatic N) is 2. The van der Waals surface area contributed by atoms with Crippen molar-refractivity contribution in [3.05, 3.63) is 41.9 Å². The molecule has 2 aromatic rings. The Balaban J connectivity index is 1.46. The van der Waals surface area contributed by atoms with Crippen LogP contribution in [0.15, 0.2) is 24.4 Å². The van der Waals surface area contributed by atoms with Gasteiger partial charge in [0.05, 0.1) is 30.1 Å². The van der Waals surface area contributed by atoms with Crippen molar-refractivity contribution in [2.75, 3.05) is 12.3 Å². The number of carbonyl (C=O) groups is 2. The average Bonchev–Trinajstić information content (AvgIpc) is 3.57. The highest BCUT2D eigenvalue weighted by molar-refractivity contribution is 7.89. The van der Waals surface area contributed by atoms with Gasteiger partial charge in [-0.2, -0.15) is 0 Å². The van der Waals surface area contributed by atoms with Crippen molar-refractivity contribution in [2.45, 2.75) is 83.2 Å². The molecular formula is C27H36F2N4O4S. The molecule has 0 radical (unpaired) electrons. The van der Waals surface area contributed by atoms with Gasteiger partial charge >= 0.3 is 0 Å². The van der Waals surface area contributed by atoms with Crippen LogP contribution in [0.2, 0.25) is 0 Å². The van der Waals surface area contributed by atoms with Crippen LogP contribution in [0.25, 0.3) is 11.3 Å². The van der Waals surface area contributed by atoms with Crippen LogP contribution in [0.3, 0.4) is 0 Å². The monoisotopic (exact) mass is 550 g/mol. The summed E-state index contributed by atoms with van der Waals surface area (Å²) >= 11 is 0. The Morgan fingerprint density at radius 1 is 1.18 bits per heavy atom. The van der Waals surface area contributed by atoms with Gasteiger partial charge in [-0.1, -0.05) is 19.8 Å². The molecule has 3 atom stereocenters. The first kappa shape index (κ1) is 28.4. The smallest absolute Gasteiger partial charge is 0.224 e. The number of aromatic amines is 1. The summed E-state index contributed by atoms with van der Waals surface area (Å²) in [5, 5.41) is 0. The predicted molar refractivity (Wildman–Crippen MR) is 140 cm³/mol. The average molecular weight is 551 g/mol. The summed E-state index contributed by atoms with van der Waals surface area (Å²) in [6.07, 6.45) is 6.48. The molecule has 0 unspecified atom stereocenters. The van der Waals surface area contributed by atoms with Crippen LogP contribution in [0, 0.1) is 17.6 Å². The third-order valence-corrected chi connectivity index (χ3v) is 8.91. The number of ketones is 1. The van der Waals surface area contributed by atoms with Crippen LogP contribution < -0.4 is 4.72 Å². The summed E-state index contributed by atoms with van der Waals surface area (Å²) in [4.78, 5) is 35.5. The second kappa shape index (κ2) is 12.0. The molecule has 2 fully saturated rings. The van der Waals surface area contributed by atoms with E-state index in [1.807, 2.05) is 6.92 Å². The van der Waals surface area contributed by atoms with Gasteiger partial charge in [0.25, 0.3) is 0 Å². The van der Waals surface area contributed by atoms with Crippen LogP contribution in [0.4, 0.5) is 8.78 Å². The lowest BCUT2D eigenvalue weighted by Crippen LogP contribution is -2.48. The van der Waals surface area contributed by atoms with E-state index in [4.69, 9.17) is 0 Å². The molecule has 1 aliphatic carbocycles. The zero-order chi connectivity index (χ0) is 27.4. The van der Waals surface area contributed by atoms with Gasteiger partial charge in [0.2, 0.25) is 15.9 Å². The lowest BCUT2D eigenvalue weighted by atomic mass is 9.97. The van der Waals surface area contributed by atoms with Gasteiger partial charge in [0.1, 0.15) is 17.5 Å². The number of imidazole rings is 1. The minimum atomic E-state index is -3.75. The fraction of sp³-hybridized carbons (Fsp3) is 0.593. The van der Waals surface area contributed by atoms with Crippen LogP contribution >= 0.6 is 0 Å². The molecule has 2 aliphatic rings. The minimum Gasteiger partial charge on any atom is -0.342 e. The number of carbonyl (C=O) groups excluding carboxylic acids is 2. The van der Waals surface area contributed by atoms with E-state index in [1.54, 1.807) is 11.8 Å². The Morgan fingerprint density at radius 3 is 2.63 bits per heavy atom.